The maximum Gasteiger partial charge on any atom is 0.136 e. The van der Waals surface area contributed by atoms with Gasteiger partial charge in [-0.25, -0.2) is 4.39 Å². The van der Waals surface area contributed by atoms with E-state index in [2.05, 4.69) is 11.8 Å². The van der Waals surface area contributed by atoms with Crippen LogP contribution in [0.1, 0.15) is 37.7 Å². The van der Waals surface area contributed by atoms with E-state index in [4.69, 9.17) is 0 Å². The van der Waals surface area contributed by atoms with Crippen LogP contribution in [-0.2, 0) is 11.2 Å². The van der Waals surface area contributed by atoms with Gasteiger partial charge < -0.3 is 0 Å². The van der Waals surface area contributed by atoms with Crippen molar-refractivity contribution in [3.63, 3.8) is 0 Å². The molecule has 1 nitrogen and oxygen atoms in total. The number of carbonyl (C=O) groups is 1. The number of carbonyl (C=O) groups excluding carboxylic acids is 1. The summed E-state index contributed by atoms with van der Waals surface area (Å²) < 4.78 is 12.8. The number of hydrogen-bond acceptors (Lipinski definition) is 2. The fourth-order valence-corrected chi connectivity index (χ4v) is 5.02. The van der Waals surface area contributed by atoms with E-state index in [1.165, 1.54) is 25.0 Å². The summed E-state index contributed by atoms with van der Waals surface area (Å²) in [5.41, 5.74) is 1.06. The van der Waals surface area contributed by atoms with Gasteiger partial charge >= 0.3 is 0 Å². The highest BCUT2D eigenvalue weighted by molar-refractivity contribution is 8.00. The fourth-order valence-electron chi connectivity index (χ4n) is 3.24. The summed E-state index contributed by atoms with van der Waals surface area (Å²) in [6, 6.07) is 6.50. The first-order valence-corrected chi connectivity index (χ1v) is 8.07. The van der Waals surface area contributed by atoms with Crippen LogP contribution in [0.3, 0.4) is 0 Å². The Kier molecular flexibility index (Phi) is 3.92. The molecule has 0 spiro atoms. The third-order valence-electron chi connectivity index (χ3n) is 4.32. The molecule has 0 radical (unpaired) electrons. The summed E-state index contributed by atoms with van der Waals surface area (Å²) >= 11 is 2.10. The second kappa shape index (κ2) is 5.66. The first kappa shape index (κ1) is 13.2. The van der Waals surface area contributed by atoms with Crippen molar-refractivity contribution in [2.75, 3.05) is 0 Å². The summed E-state index contributed by atoms with van der Waals surface area (Å²) in [4.78, 5) is 12.3. The maximum atomic E-state index is 12.8. The Morgan fingerprint density at radius 3 is 2.42 bits per heavy atom. The van der Waals surface area contributed by atoms with E-state index < -0.39 is 0 Å². The number of thioether (sulfide) groups is 1. The normalized spacial score (nSPS) is 29.4. The molecule has 102 valence electrons. The number of rotatable bonds is 4. The number of benzene rings is 1. The van der Waals surface area contributed by atoms with Crippen molar-refractivity contribution in [2.45, 2.75) is 49.0 Å². The lowest BCUT2D eigenvalue weighted by atomic mass is 9.91. The van der Waals surface area contributed by atoms with E-state index in [9.17, 15) is 9.18 Å². The monoisotopic (exact) mass is 278 g/mol. The molecule has 2 atom stereocenters. The first-order valence-electron chi connectivity index (χ1n) is 7.13. The minimum Gasteiger partial charge on any atom is -0.299 e. The van der Waals surface area contributed by atoms with Gasteiger partial charge in [-0.2, -0.15) is 11.8 Å². The summed E-state index contributed by atoms with van der Waals surface area (Å²) in [7, 11) is 0. The molecule has 0 saturated carbocycles. The number of halogens is 1. The molecule has 1 aromatic rings. The topological polar surface area (TPSA) is 17.1 Å². The van der Waals surface area contributed by atoms with E-state index in [1.807, 2.05) is 0 Å². The molecule has 0 N–H and O–H groups in total. The van der Waals surface area contributed by atoms with Crippen LogP contribution in [0.2, 0.25) is 0 Å². The number of Topliss-reactive ketones (excluding diaryl/α,β-unsaturated/α-hetero) is 1. The van der Waals surface area contributed by atoms with E-state index in [0.717, 1.165) is 35.3 Å². The molecule has 19 heavy (non-hydrogen) atoms. The van der Waals surface area contributed by atoms with Gasteiger partial charge in [-0.3, -0.25) is 4.79 Å². The molecule has 2 aliphatic heterocycles. The molecule has 3 heteroatoms. The van der Waals surface area contributed by atoms with E-state index >= 15 is 0 Å². The lowest BCUT2D eigenvalue weighted by Crippen LogP contribution is -2.24. The third kappa shape index (κ3) is 3.19. The Morgan fingerprint density at radius 2 is 1.79 bits per heavy atom. The van der Waals surface area contributed by atoms with E-state index in [1.54, 1.807) is 12.1 Å². The van der Waals surface area contributed by atoms with Crippen LogP contribution in [0.25, 0.3) is 0 Å². The van der Waals surface area contributed by atoms with Gasteiger partial charge in [0.25, 0.3) is 0 Å². The largest absolute Gasteiger partial charge is 0.299 e. The highest BCUT2D eigenvalue weighted by Crippen LogP contribution is 2.46. The van der Waals surface area contributed by atoms with E-state index in [-0.39, 0.29) is 5.82 Å². The second-order valence-corrected chi connectivity index (χ2v) is 7.32. The predicted molar refractivity (Wildman–Crippen MR) is 76.9 cm³/mol. The summed E-state index contributed by atoms with van der Waals surface area (Å²) in [6.07, 6.45) is 6.14. The van der Waals surface area contributed by atoms with Crippen molar-refractivity contribution in [1.29, 1.82) is 0 Å². The molecule has 2 aliphatic rings. The number of fused-ring (bicyclic) bond motifs is 2. The molecule has 2 fully saturated rings. The molecule has 1 aromatic carbocycles. The smallest absolute Gasteiger partial charge is 0.136 e. The zero-order valence-corrected chi connectivity index (χ0v) is 11.8. The SMILES string of the molecule is O=C(CCc1ccc(F)cc1)C1CC2CCC(C1)S2. The predicted octanol–water partition coefficient (Wildman–Crippen LogP) is 4.00. The van der Waals surface area contributed by atoms with Crippen LogP contribution in [0, 0.1) is 11.7 Å². The van der Waals surface area contributed by atoms with Crippen LogP contribution < -0.4 is 0 Å². The highest BCUT2D eigenvalue weighted by atomic mass is 32.2. The van der Waals surface area contributed by atoms with E-state index in [0.29, 0.717) is 18.1 Å². The molecule has 0 amide bonds. The molecule has 0 aromatic heterocycles. The summed E-state index contributed by atoms with van der Waals surface area (Å²) in [5, 5.41) is 1.47. The number of ketones is 1. The zero-order valence-electron chi connectivity index (χ0n) is 11.0. The minimum atomic E-state index is -0.212. The molecular formula is C16H19FOS. The van der Waals surface area contributed by atoms with Gasteiger partial charge in [0.1, 0.15) is 11.6 Å². The molecule has 2 saturated heterocycles. The van der Waals surface area contributed by atoms with Crippen LogP contribution in [0.4, 0.5) is 4.39 Å². The zero-order chi connectivity index (χ0) is 13.2. The van der Waals surface area contributed by atoms with Crippen molar-refractivity contribution in [1.82, 2.24) is 0 Å². The quantitative estimate of drug-likeness (QED) is 0.828. The van der Waals surface area contributed by atoms with Crippen LogP contribution >= 0.6 is 11.8 Å². The van der Waals surface area contributed by atoms with Gasteiger partial charge in [0.2, 0.25) is 0 Å². The lowest BCUT2D eigenvalue weighted by molar-refractivity contribution is -0.123. The second-order valence-electron chi connectivity index (χ2n) is 5.72. The Hall–Kier alpha value is -0.830. The molecule has 2 bridgehead atoms. The van der Waals surface area contributed by atoms with Crippen LogP contribution in [-0.4, -0.2) is 16.3 Å². The summed E-state index contributed by atoms with van der Waals surface area (Å²) in [5.74, 6) is 0.497. The molecule has 2 heterocycles. The Bertz CT molecular complexity index is 444. The summed E-state index contributed by atoms with van der Waals surface area (Å²) in [6.45, 7) is 0. The third-order valence-corrected chi connectivity index (χ3v) is 5.95. The number of aryl methyl sites for hydroxylation is 1. The Labute approximate surface area is 118 Å². The van der Waals surface area contributed by atoms with Gasteiger partial charge in [0.05, 0.1) is 0 Å². The molecular weight excluding hydrogens is 259 g/mol. The average Bonchev–Trinajstić information content (AvgIpc) is 2.76. The molecule has 2 unspecified atom stereocenters. The number of hydrogen-bond donors (Lipinski definition) is 0. The standard InChI is InChI=1S/C16H19FOS/c17-13-4-1-11(2-5-13)3-8-16(18)12-9-14-6-7-15(10-12)19-14/h1-2,4-5,12,14-15H,3,6-10H2. The van der Waals surface area contributed by atoms with Gasteiger partial charge in [0.15, 0.2) is 0 Å². The Balaban J connectivity index is 1.52. The molecule has 3 rings (SSSR count). The van der Waals surface area contributed by atoms with Crippen LogP contribution in [0.5, 0.6) is 0 Å². The van der Waals surface area contributed by atoms with Crippen molar-refractivity contribution in [3.8, 4) is 0 Å². The van der Waals surface area contributed by atoms with Crippen LogP contribution in [0.15, 0.2) is 24.3 Å². The maximum absolute atomic E-state index is 12.8. The van der Waals surface area contributed by atoms with Gasteiger partial charge in [-0.15, -0.1) is 0 Å². The fraction of sp³-hybridized carbons (Fsp3) is 0.562. The first-order chi connectivity index (χ1) is 9.20. The van der Waals surface area contributed by atoms with Crippen molar-refractivity contribution >= 4 is 17.5 Å². The average molecular weight is 278 g/mol. The van der Waals surface area contributed by atoms with Crippen molar-refractivity contribution in [2.24, 2.45) is 5.92 Å². The van der Waals surface area contributed by atoms with Crippen molar-refractivity contribution < 1.29 is 9.18 Å². The highest BCUT2D eigenvalue weighted by Gasteiger charge is 2.37. The van der Waals surface area contributed by atoms with Crippen molar-refractivity contribution in [3.05, 3.63) is 35.6 Å². The van der Waals surface area contributed by atoms with Gasteiger partial charge in [-0.1, -0.05) is 12.1 Å². The lowest BCUT2D eigenvalue weighted by Gasteiger charge is -2.26. The van der Waals surface area contributed by atoms with Gasteiger partial charge in [0, 0.05) is 22.8 Å². The van der Waals surface area contributed by atoms with Gasteiger partial charge in [-0.05, 0) is 49.8 Å². The minimum absolute atomic E-state index is 0.212. The molecule has 0 aliphatic carbocycles. The Morgan fingerprint density at radius 1 is 1.16 bits per heavy atom.